The molecule has 0 unspecified atom stereocenters. The Bertz CT molecular complexity index is 329. The van der Waals surface area contributed by atoms with Crippen LogP contribution in [0.5, 0.6) is 5.75 Å². The Morgan fingerprint density at radius 2 is 2.19 bits per heavy atom. The second-order valence-electron chi connectivity index (χ2n) is 3.58. The van der Waals surface area contributed by atoms with E-state index in [0.29, 0.717) is 5.69 Å². The van der Waals surface area contributed by atoms with E-state index in [1.807, 2.05) is 18.2 Å². The molecule has 0 radical (unpaired) electrons. The molecule has 0 aromatic heterocycles. The summed E-state index contributed by atoms with van der Waals surface area (Å²) in [4.78, 5) is 2.14. The van der Waals surface area contributed by atoms with Gasteiger partial charge in [0.1, 0.15) is 5.75 Å². The summed E-state index contributed by atoms with van der Waals surface area (Å²) in [5, 5.41) is 8.83. The van der Waals surface area contributed by atoms with Crippen molar-refractivity contribution in [3.05, 3.63) is 18.2 Å². The fraction of sp³-hybridized carbons (Fsp3) is 0.500. The molecule has 0 bridgehead atoms. The molecule has 0 amide bonds. The molecular formula is C12H20N2O2. The molecule has 0 spiro atoms. The number of rotatable bonds is 6. The molecule has 0 fully saturated rings. The van der Waals surface area contributed by atoms with Crippen molar-refractivity contribution in [3.8, 4) is 5.75 Å². The largest absolute Gasteiger partial charge is 0.497 e. The van der Waals surface area contributed by atoms with Crippen molar-refractivity contribution in [1.82, 2.24) is 0 Å². The number of nitrogens with zero attached hydrogens (tertiary/aromatic N) is 1. The van der Waals surface area contributed by atoms with E-state index in [4.69, 9.17) is 15.6 Å². The van der Waals surface area contributed by atoms with Crippen molar-refractivity contribution >= 4 is 11.4 Å². The molecule has 0 saturated heterocycles. The van der Waals surface area contributed by atoms with E-state index < -0.39 is 0 Å². The zero-order chi connectivity index (χ0) is 12.0. The van der Waals surface area contributed by atoms with Crippen LogP contribution in [-0.2, 0) is 0 Å². The average Bonchev–Trinajstić information content (AvgIpc) is 2.31. The van der Waals surface area contributed by atoms with Crippen LogP contribution < -0.4 is 15.4 Å². The monoisotopic (exact) mass is 224 g/mol. The summed E-state index contributed by atoms with van der Waals surface area (Å²) >= 11 is 0. The molecule has 3 N–H and O–H groups in total. The van der Waals surface area contributed by atoms with Crippen LogP contribution in [0, 0.1) is 0 Å². The number of nitrogen functional groups attached to an aromatic ring is 1. The maximum Gasteiger partial charge on any atom is 0.121 e. The number of nitrogens with two attached hydrogens (primary N) is 1. The van der Waals surface area contributed by atoms with Crippen molar-refractivity contribution < 1.29 is 9.84 Å². The summed E-state index contributed by atoms with van der Waals surface area (Å²) in [5.74, 6) is 0.763. The first kappa shape index (κ1) is 12.6. The van der Waals surface area contributed by atoms with Gasteiger partial charge in [-0.3, -0.25) is 0 Å². The van der Waals surface area contributed by atoms with E-state index in [-0.39, 0.29) is 6.61 Å². The normalized spacial score (nSPS) is 10.2. The van der Waals surface area contributed by atoms with Gasteiger partial charge in [-0.05, 0) is 25.5 Å². The summed E-state index contributed by atoms with van der Waals surface area (Å²) in [7, 11) is 1.62. The molecule has 0 aliphatic carbocycles. The highest BCUT2D eigenvalue weighted by Gasteiger charge is 2.08. The van der Waals surface area contributed by atoms with Gasteiger partial charge < -0.3 is 20.5 Å². The zero-order valence-electron chi connectivity index (χ0n) is 9.94. The first-order valence-corrected chi connectivity index (χ1v) is 5.52. The van der Waals surface area contributed by atoms with Crippen molar-refractivity contribution in [2.75, 3.05) is 37.4 Å². The first-order chi connectivity index (χ1) is 7.72. The highest BCUT2D eigenvalue weighted by Crippen LogP contribution is 2.27. The van der Waals surface area contributed by atoms with E-state index >= 15 is 0 Å². The quantitative estimate of drug-likeness (QED) is 0.719. The molecule has 4 heteroatoms. The summed E-state index contributed by atoms with van der Waals surface area (Å²) in [6.07, 6.45) is 0.749. The second-order valence-corrected chi connectivity index (χ2v) is 3.58. The first-order valence-electron chi connectivity index (χ1n) is 5.52. The number of hydrogen-bond donors (Lipinski definition) is 2. The van der Waals surface area contributed by atoms with Crippen LogP contribution in [0.25, 0.3) is 0 Å². The lowest BCUT2D eigenvalue weighted by Gasteiger charge is -2.24. The predicted octanol–water partition coefficient (Wildman–Crippen LogP) is 1.49. The van der Waals surface area contributed by atoms with Crippen LogP contribution in [0.2, 0.25) is 0 Å². The van der Waals surface area contributed by atoms with Gasteiger partial charge in [0.2, 0.25) is 0 Å². The lowest BCUT2D eigenvalue weighted by atomic mass is 10.2. The van der Waals surface area contributed by atoms with Gasteiger partial charge in [0.05, 0.1) is 18.5 Å². The number of ether oxygens (including phenoxy) is 1. The van der Waals surface area contributed by atoms with Crippen LogP contribution in [0.15, 0.2) is 18.2 Å². The Labute approximate surface area is 96.6 Å². The Morgan fingerprint density at radius 3 is 2.69 bits per heavy atom. The van der Waals surface area contributed by atoms with E-state index in [9.17, 15) is 0 Å². The van der Waals surface area contributed by atoms with Crippen molar-refractivity contribution in [2.24, 2.45) is 0 Å². The second kappa shape index (κ2) is 6.23. The maximum absolute atomic E-state index is 8.83. The summed E-state index contributed by atoms with van der Waals surface area (Å²) < 4.78 is 5.11. The Hall–Kier alpha value is -1.42. The van der Waals surface area contributed by atoms with Crippen molar-refractivity contribution in [3.63, 3.8) is 0 Å². The summed E-state index contributed by atoms with van der Waals surface area (Å²) in [5.41, 5.74) is 7.67. The molecule has 0 heterocycles. The highest BCUT2D eigenvalue weighted by atomic mass is 16.5. The molecule has 0 atom stereocenters. The molecule has 1 aromatic carbocycles. The Kier molecular flexibility index (Phi) is 4.92. The molecular weight excluding hydrogens is 204 g/mol. The molecule has 16 heavy (non-hydrogen) atoms. The SMILES string of the molecule is CCN(CCCO)c1ccc(OC)cc1N. The Morgan fingerprint density at radius 1 is 1.44 bits per heavy atom. The molecule has 0 aliphatic heterocycles. The van der Waals surface area contributed by atoms with E-state index in [1.165, 1.54) is 0 Å². The number of anilines is 2. The fourth-order valence-electron chi connectivity index (χ4n) is 1.66. The van der Waals surface area contributed by atoms with Gasteiger partial charge in [0.25, 0.3) is 0 Å². The number of methoxy groups -OCH3 is 1. The van der Waals surface area contributed by atoms with E-state index in [0.717, 1.165) is 30.9 Å². The number of benzene rings is 1. The Balaban J connectivity index is 2.83. The summed E-state index contributed by atoms with van der Waals surface area (Å²) in [6.45, 7) is 3.95. The minimum atomic E-state index is 0.201. The molecule has 90 valence electrons. The van der Waals surface area contributed by atoms with E-state index in [1.54, 1.807) is 7.11 Å². The molecule has 1 rings (SSSR count). The number of aliphatic hydroxyl groups excluding tert-OH is 1. The predicted molar refractivity (Wildman–Crippen MR) is 67.0 cm³/mol. The summed E-state index contributed by atoms with van der Waals surface area (Å²) in [6, 6.07) is 5.67. The lowest BCUT2D eigenvalue weighted by molar-refractivity contribution is 0.289. The minimum Gasteiger partial charge on any atom is -0.497 e. The van der Waals surface area contributed by atoms with E-state index in [2.05, 4.69) is 11.8 Å². The molecule has 0 aliphatic rings. The van der Waals surface area contributed by atoms with Crippen LogP contribution in [0.4, 0.5) is 11.4 Å². The molecule has 4 nitrogen and oxygen atoms in total. The van der Waals surface area contributed by atoms with Crippen LogP contribution >= 0.6 is 0 Å². The third kappa shape index (κ3) is 3.03. The van der Waals surface area contributed by atoms with Gasteiger partial charge in [-0.1, -0.05) is 0 Å². The molecule has 1 aromatic rings. The number of hydrogen-bond acceptors (Lipinski definition) is 4. The minimum absolute atomic E-state index is 0.201. The molecule has 0 saturated carbocycles. The van der Waals surface area contributed by atoms with Gasteiger partial charge in [-0.2, -0.15) is 0 Å². The van der Waals surface area contributed by atoms with Crippen LogP contribution in [-0.4, -0.2) is 31.9 Å². The smallest absolute Gasteiger partial charge is 0.121 e. The maximum atomic E-state index is 8.83. The number of aliphatic hydroxyl groups is 1. The lowest BCUT2D eigenvalue weighted by Crippen LogP contribution is -2.25. The van der Waals surface area contributed by atoms with Gasteiger partial charge >= 0.3 is 0 Å². The van der Waals surface area contributed by atoms with Crippen molar-refractivity contribution in [2.45, 2.75) is 13.3 Å². The third-order valence-electron chi connectivity index (χ3n) is 2.54. The van der Waals surface area contributed by atoms with Crippen molar-refractivity contribution in [1.29, 1.82) is 0 Å². The highest BCUT2D eigenvalue weighted by molar-refractivity contribution is 5.69. The third-order valence-corrected chi connectivity index (χ3v) is 2.54. The zero-order valence-corrected chi connectivity index (χ0v) is 9.94. The topological polar surface area (TPSA) is 58.7 Å². The van der Waals surface area contributed by atoms with Gasteiger partial charge in [0.15, 0.2) is 0 Å². The van der Waals surface area contributed by atoms with Crippen LogP contribution in [0.3, 0.4) is 0 Å². The van der Waals surface area contributed by atoms with Gasteiger partial charge in [-0.15, -0.1) is 0 Å². The fourth-order valence-corrected chi connectivity index (χ4v) is 1.66. The van der Waals surface area contributed by atoms with Crippen LogP contribution in [0.1, 0.15) is 13.3 Å². The average molecular weight is 224 g/mol. The standard InChI is InChI=1S/C12H20N2O2/c1-3-14(7-4-8-15)12-6-5-10(16-2)9-11(12)13/h5-6,9,15H,3-4,7-8,13H2,1-2H3. The van der Waals surface area contributed by atoms with Gasteiger partial charge in [0, 0.05) is 25.8 Å². The van der Waals surface area contributed by atoms with Gasteiger partial charge in [-0.25, -0.2) is 0 Å².